The van der Waals surface area contributed by atoms with Crippen molar-refractivity contribution in [1.29, 1.82) is 0 Å². The maximum atomic E-state index is 11.9. The van der Waals surface area contributed by atoms with Gasteiger partial charge in [0.05, 0.1) is 30.4 Å². The number of hydrogen-bond acceptors (Lipinski definition) is 4. The van der Waals surface area contributed by atoms with Gasteiger partial charge in [0, 0.05) is 5.92 Å². The molecule has 3 unspecified atom stereocenters. The van der Waals surface area contributed by atoms with E-state index in [4.69, 9.17) is 20.8 Å². The van der Waals surface area contributed by atoms with Gasteiger partial charge in [-0.3, -0.25) is 0 Å². The van der Waals surface area contributed by atoms with Crippen molar-refractivity contribution in [2.75, 3.05) is 7.11 Å². The number of ether oxygens (including phenoxy) is 1. The third-order valence-corrected chi connectivity index (χ3v) is 6.32. The molecular formula is C23H34ClN2O3Si. The van der Waals surface area contributed by atoms with E-state index in [1.54, 1.807) is 12.1 Å². The Bertz CT molecular complexity index is 843. The van der Waals surface area contributed by atoms with Crippen LogP contribution in [0, 0.1) is 5.41 Å². The zero-order valence-electron chi connectivity index (χ0n) is 19.3. The summed E-state index contributed by atoms with van der Waals surface area (Å²) >= 11 is 6.66. The van der Waals surface area contributed by atoms with Gasteiger partial charge in [-0.2, -0.15) is 0 Å². The number of methoxy groups -OCH3 is 1. The number of carbonyl (C=O) groups is 1. The summed E-state index contributed by atoms with van der Waals surface area (Å²) in [5, 5.41) is 0.478. The Balaban J connectivity index is 2.63. The Hall–Kier alpha value is -1.63. The fraction of sp³-hybridized carbons (Fsp3) is 0.565. The van der Waals surface area contributed by atoms with Crippen molar-refractivity contribution in [1.82, 2.24) is 9.97 Å². The van der Waals surface area contributed by atoms with Gasteiger partial charge < -0.3 is 14.1 Å². The first kappa shape index (κ1) is 24.6. The highest BCUT2D eigenvalue weighted by Gasteiger charge is 2.38. The number of aromatic nitrogens is 2. The summed E-state index contributed by atoms with van der Waals surface area (Å²) in [7, 11) is 0.407. The van der Waals surface area contributed by atoms with Gasteiger partial charge in [0.1, 0.15) is 5.82 Å². The standard InChI is InChI=1S/C23H34ClN2O3Si/c1-9-14(2)21-25-18(20(24)26-21)17(19(23(3,4)5)29-30(7)8)15-10-12-16(13-11-15)22(27)28-6/h10-14,17,19H,9H2,1-8H3,(H,25,26). The molecule has 0 aliphatic rings. The second-order valence-electron chi connectivity index (χ2n) is 9.04. The number of nitrogens with zero attached hydrogens (tertiary/aromatic N) is 1. The van der Waals surface area contributed by atoms with E-state index in [1.807, 2.05) is 12.1 Å². The first-order valence-electron chi connectivity index (χ1n) is 10.4. The van der Waals surface area contributed by atoms with Crippen molar-refractivity contribution in [3.8, 4) is 0 Å². The molecule has 7 heteroatoms. The second kappa shape index (κ2) is 10.1. The van der Waals surface area contributed by atoms with Crippen molar-refractivity contribution >= 4 is 26.6 Å². The SMILES string of the molecule is CCC(C)c1nc(Cl)c(C(c2ccc(C(=O)OC)cc2)C(O[Si](C)C)C(C)(C)C)[nH]1. The largest absolute Gasteiger partial charge is 0.465 e. The van der Waals surface area contributed by atoms with Crippen LogP contribution in [0.4, 0.5) is 0 Å². The molecule has 1 N–H and O–H groups in total. The number of hydrogen-bond donors (Lipinski definition) is 1. The molecule has 30 heavy (non-hydrogen) atoms. The molecule has 1 radical (unpaired) electrons. The molecule has 0 saturated carbocycles. The fourth-order valence-electron chi connectivity index (χ4n) is 3.45. The summed E-state index contributed by atoms with van der Waals surface area (Å²) in [6.45, 7) is 15.1. The predicted molar refractivity (Wildman–Crippen MR) is 124 cm³/mol. The Morgan fingerprint density at radius 3 is 2.30 bits per heavy atom. The van der Waals surface area contributed by atoms with Crippen LogP contribution in [0.15, 0.2) is 24.3 Å². The molecule has 0 amide bonds. The maximum absolute atomic E-state index is 11.9. The zero-order chi connectivity index (χ0) is 22.6. The summed E-state index contributed by atoms with van der Waals surface area (Å²) in [6.07, 6.45) is 0.853. The Morgan fingerprint density at radius 1 is 1.23 bits per heavy atom. The van der Waals surface area contributed by atoms with Crippen LogP contribution in [0.1, 0.15) is 80.3 Å². The van der Waals surface area contributed by atoms with Crippen LogP contribution in [-0.4, -0.2) is 38.2 Å². The van der Waals surface area contributed by atoms with Crippen molar-refractivity contribution in [2.24, 2.45) is 5.41 Å². The van der Waals surface area contributed by atoms with Gasteiger partial charge in [-0.15, -0.1) is 0 Å². The van der Waals surface area contributed by atoms with Crippen molar-refractivity contribution in [2.45, 2.75) is 72.1 Å². The third kappa shape index (κ3) is 5.74. The number of rotatable bonds is 8. The zero-order valence-corrected chi connectivity index (χ0v) is 21.1. The molecule has 165 valence electrons. The van der Waals surface area contributed by atoms with Gasteiger partial charge >= 0.3 is 5.97 Å². The van der Waals surface area contributed by atoms with Gasteiger partial charge in [-0.05, 0) is 42.6 Å². The fourth-order valence-corrected chi connectivity index (χ4v) is 4.71. The first-order chi connectivity index (χ1) is 14.0. The molecule has 1 aromatic carbocycles. The molecule has 1 aromatic heterocycles. The van der Waals surface area contributed by atoms with Crippen molar-refractivity contribution < 1.29 is 14.0 Å². The number of halogens is 1. The predicted octanol–water partition coefficient (Wildman–Crippen LogP) is 6.18. The molecule has 0 saturated heterocycles. The Morgan fingerprint density at radius 2 is 1.83 bits per heavy atom. The molecule has 0 aliphatic carbocycles. The van der Waals surface area contributed by atoms with Crippen LogP contribution < -0.4 is 0 Å². The van der Waals surface area contributed by atoms with Crippen molar-refractivity contribution in [3.63, 3.8) is 0 Å². The van der Waals surface area contributed by atoms with Crippen LogP contribution in [0.5, 0.6) is 0 Å². The molecule has 0 spiro atoms. The summed E-state index contributed by atoms with van der Waals surface area (Å²) in [4.78, 5) is 20.0. The topological polar surface area (TPSA) is 64.2 Å². The Kier molecular flexibility index (Phi) is 8.31. The lowest BCUT2D eigenvalue weighted by Crippen LogP contribution is -2.39. The van der Waals surface area contributed by atoms with Crippen LogP contribution in [0.3, 0.4) is 0 Å². The van der Waals surface area contributed by atoms with Gasteiger partial charge in [0.15, 0.2) is 5.15 Å². The second-order valence-corrected chi connectivity index (χ2v) is 11.5. The highest BCUT2D eigenvalue weighted by Crippen LogP contribution is 2.41. The molecular weight excluding hydrogens is 416 g/mol. The van der Waals surface area contributed by atoms with E-state index in [-0.39, 0.29) is 29.3 Å². The number of imidazole rings is 1. The Labute approximate surface area is 187 Å². The van der Waals surface area contributed by atoms with Gasteiger partial charge in [0.25, 0.3) is 0 Å². The summed E-state index contributed by atoms with van der Waals surface area (Å²) in [5.41, 5.74) is 2.26. The van der Waals surface area contributed by atoms with Gasteiger partial charge in [-0.25, -0.2) is 9.78 Å². The number of esters is 1. The summed E-state index contributed by atoms with van der Waals surface area (Å²) in [6, 6.07) is 7.49. The first-order valence-corrected chi connectivity index (χ1v) is 13.2. The minimum atomic E-state index is -0.978. The molecule has 0 fully saturated rings. The molecule has 0 bridgehead atoms. The van der Waals surface area contributed by atoms with Gasteiger partial charge in [0.2, 0.25) is 9.04 Å². The lowest BCUT2D eigenvalue weighted by molar-refractivity contribution is 0.0600. The highest BCUT2D eigenvalue weighted by molar-refractivity contribution is 6.48. The quantitative estimate of drug-likeness (QED) is 0.386. The van der Waals surface area contributed by atoms with E-state index < -0.39 is 9.04 Å². The molecule has 3 atom stereocenters. The molecule has 2 rings (SSSR count). The highest BCUT2D eigenvalue weighted by atomic mass is 35.5. The minimum Gasteiger partial charge on any atom is -0.465 e. The van der Waals surface area contributed by atoms with E-state index in [0.29, 0.717) is 10.7 Å². The molecule has 1 heterocycles. The third-order valence-electron chi connectivity index (χ3n) is 5.30. The summed E-state index contributed by atoms with van der Waals surface area (Å²) in [5.74, 6) is 0.673. The number of H-pyrrole nitrogens is 1. The van der Waals surface area contributed by atoms with Gasteiger partial charge in [-0.1, -0.05) is 58.4 Å². The van der Waals surface area contributed by atoms with Crippen LogP contribution in [0.25, 0.3) is 0 Å². The average Bonchev–Trinajstić information content (AvgIpc) is 3.07. The minimum absolute atomic E-state index is 0.118. The molecule has 2 aromatic rings. The number of aromatic amines is 1. The molecule has 0 aliphatic heterocycles. The molecule has 5 nitrogen and oxygen atoms in total. The van der Waals surface area contributed by atoms with E-state index >= 15 is 0 Å². The average molecular weight is 450 g/mol. The van der Waals surface area contributed by atoms with E-state index in [9.17, 15) is 4.79 Å². The van der Waals surface area contributed by atoms with E-state index in [2.05, 4.69) is 57.7 Å². The smallest absolute Gasteiger partial charge is 0.337 e. The van der Waals surface area contributed by atoms with Crippen LogP contribution in [-0.2, 0) is 9.16 Å². The van der Waals surface area contributed by atoms with E-state index in [1.165, 1.54) is 7.11 Å². The number of nitrogens with one attached hydrogen (secondary N) is 1. The van der Waals surface area contributed by atoms with Crippen LogP contribution >= 0.6 is 11.6 Å². The van der Waals surface area contributed by atoms with Crippen LogP contribution in [0.2, 0.25) is 18.2 Å². The van der Waals surface area contributed by atoms with E-state index in [0.717, 1.165) is 23.5 Å². The normalized spacial score (nSPS) is 15.1. The lowest BCUT2D eigenvalue weighted by Gasteiger charge is -2.38. The number of benzene rings is 1. The van der Waals surface area contributed by atoms with Crippen molar-refractivity contribution in [3.05, 3.63) is 52.1 Å². The maximum Gasteiger partial charge on any atom is 0.337 e. The summed E-state index contributed by atoms with van der Waals surface area (Å²) < 4.78 is 11.4. The monoisotopic (exact) mass is 449 g/mol. The number of carbonyl (C=O) groups excluding carboxylic acids is 1. The lowest BCUT2D eigenvalue weighted by atomic mass is 9.77.